The van der Waals surface area contributed by atoms with Crippen LogP contribution in [0.4, 0.5) is 10.8 Å². The number of aryl methyl sites for hydroxylation is 3. The van der Waals surface area contributed by atoms with Crippen LogP contribution in [0.2, 0.25) is 0 Å². The van der Waals surface area contributed by atoms with Gasteiger partial charge in [-0.25, -0.2) is 4.98 Å². The van der Waals surface area contributed by atoms with Crippen LogP contribution < -0.4 is 5.32 Å². The van der Waals surface area contributed by atoms with Gasteiger partial charge in [0.2, 0.25) is 0 Å². The summed E-state index contributed by atoms with van der Waals surface area (Å²) < 4.78 is 1.66. The highest BCUT2D eigenvalue weighted by atomic mass is 32.2. The van der Waals surface area contributed by atoms with Crippen molar-refractivity contribution in [2.75, 3.05) is 5.32 Å². The number of rotatable bonds is 6. The van der Waals surface area contributed by atoms with E-state index in [9.17, 15) is 14.9 Å². The van der Waals surface area contributed by atoms with E-state index in [1.807, 2.05) is 5.38 Å². The van der Waals surface area contributed by atoms with Gasteiger partial charge in [0, 0.05) is 29.6 Å². The van der Waals surface area contributed by atoms with Crippen LogP contribution in [-0.4, -0.2) is 30.6 Å². The van der Waals surface area contributed by atoms with E-state index < -0.39 is 10.8 Å². The number of nitrogens with zero attached hydrogens (tertiary/aromatic N) is 5. The van der Waals surface area contributed by atoms with Crippen LogP contribution in [0.5, 0.6) is 0 Å². The highest BCUT2D eigenvalue weighted by molar-refractivity contribution is 7.99. The molecule has 34 heavy (non-hydrogen) atoms. The first-order valence-corrected chi connectivity index (χ1v) is 12.4. The first-order valence-electron chi connectivity index (χ1n) is 10.7. The van der Waals surface area contributed by atoms with Gasteiger partial charge in [0.1, 0.15) is 6.33 Å². The number of fused-ring (bicyclic) bond motifs is 1. The minimum absolute atomic E-state index is 0.172. The number of nitro groups is 1. The van der Waals surface area contributed by atoms with Crippen molar-refractivity contribution in [3.63, 3.8) is 0 Å². The van der Waals surface area contributed by atoms with E-state index in [1.165, 1.54) is 47.7 Å². The minimum Gasteiger partial charge on any atom is -0.311 e. The molecular formula is C23H20N6O3S2. The van der Waals surface area contributed by atoms with Crippen molar-refractivity contribution in [2.24, 2.45) is 7.05 Å². The summed E-state index contributed by atoms with van der Waals surface area (Å²) in [5.74, 6) is -0.454. The number of thiazole rings is 1. The Morgan fingerprint density at radius 2 is 2.00 bits per heavy atom. The molecule has 1 aliphatic rings. The smallest absolute Gasteiger partial charge is 0.284 e. The van der Waals surface area contributed by atoms with E-state index in [-0.39, 0.29) is 11.3 Å². The van der Waals surface area contributed by atoms with Gasteiger partial charge in [-0.05, 0) is 66.8 Å². The lowest BCUT2D eigenvalue weighted by molar-refractivity contribution is -0.387. The van der Waals surface area contributed by atoms with Gasteiger partial charge < -0.3 is 4.57 Å². The van der Waals surface area contributed by atoms with Gasteiger partial charge in [0.25, 0.3) is 11.6 Å². The van der Waals surface area contributed by atoms with Crippen molar-refractivity contribution in [3.05, 3.63) is 74.9 Å². The van der Waals surface area contributed by atoms with Gasteiger partial charge in [0.05, 0.1) is 15.5 Å². The molecule has 0 atom stereocenters. The number of carbonyl (C=O) groups excluding carboxylic acids is 1. The van der Waals surface area contributed by atoms with Crippen molar-refractivity contribution in [1.82, 2.24) is 19.7 Å². The second-order valence-electron chi connectivity index (χ2n) is 7.95. The molecule has 0 fully saturated rings. The van der Waals surface area contributed by atoms with Crippen LogP contribution in [0.1, 0.15) is 34.3 Å². The molecule has 4 aromatic rings. The third-order valence-electron chi connectivity index (χ3n) is 5.66. The zero-order chi connectivity index (χ0) is 23.7. The molecule has 9 nitrogen and oxygen atoms in total. The number of aromatic nitrogens is 4. The van der Waals surface area contributed by atoms with E-state index in [4.69, 9.17) is 0 Å². The Balaban J connectivity index is 1.33. The molecule has 0 radical (unpaired) electrons. The Kier molecular flexibility index (Phi) is 6.12. The quantitative estimate of drug-likeness (QED) is 0.293. The molecule has 0 bridgehead atoms. The van der Waals surface area contributed by atoms with Crippen molar-refractivity contribution in [2.45, 2.75) is 35.7 Å². The van der Waals surface area contributed by atoms with Crippen molar-refractivity contribution in [3.8, 4) is 11.3 Å². The third kappa shape index (κ3) is 4.57. The molecule has 0 saturated carbocycles. The number of nitrogens with one attached hydrogen (secondary N) is 1. The molecule has 2 heterocycles. The van der Waals surface area contributed by atoms with Crippen LogP contribution in [0, 0.1) is 10.1 Å². The first-order chi connectivity index (χ1) is 16.5. The number of benzene rings is 2. The van der Waals surface area contributed by atoms with E-state index in [1.54, 1.807) is 23.7 Å². The molecule has 2 aromatic carbocycles. The Morgan fingerprint density at radius 1 is 1.18 bits per heavy atom. The van der Waals surface area contributed by atoms with Crippen molar-refractivity contribution < 1.29 is 9.72 Å². The molecule has 5 rings (SSSR count). The maximum absolute atomic E-state index is 12.8. The maximum Gasteiger partial charge on any atom is 0.284 e. The number of anilines is 1. The topological polar surface area (TPSA) is 116 Å². The third-order valence-corrected chi connectivity index (χ3v) is 7.53. The summed E-state index contributed by atoms with van der Waals surface area (Å²) in [4.78, 5) is 28.9. The fraction of sp³-hybridized carbons (Fsp3) is 0.217. The monoisotopic (exact) mass is 492 g/mol. The van der Waals surface area contributed by atoms with Gasteiger partial charge in [-0.15, -0.1) is 21.5 Å². The zero-order valence-electron chi connectivity index (χ0n) is 18.2. The summed E-state index contributed by atoms with van der Waals surface area (Å²) >= 11 is 2.44. The minimum atomic E-state index is -0.507. The summed E-state index contributed by atoms with van der Waals surface area (Å²) in [6.07, 6.45) is 6.16. The predicted octanol–water partition coefficient (Wildman–Crippen LogP) is 5.13. The van der Waals surface area contributed by atoms with Crippen LogP contribution >= 0.6 is 23.1 Å². The molecule has 0 unspecified atom stereocenters. The second-order valence-corrected chi connectivity index (χ2v) is 9.82. The average molecular weight is 493 g/mol. The number of hydrogen-bond donors (Lipinski definition) is 1. The standard InChI is InChI=1S/C23H20N6O3S2/c1-28-13-24-27-23(28)34-20-9-8-17(11-19(20)29(31)32)21(30)26-22-25-18(12-33-22)16-7-6-14-4-2-3-5-15(14)10-16/h6-13H,2-5H2,1H3,(H,25,26,30). The van der Waals surface area contributed by atoms with Crippen LogP contribution in [-0.2, 0) is 19.9 Å². The summed E-state index contributed by atoms with van der Waals surface area (Å²) in [5.41, 5.74) is 4.61. The highest BCUT2D eigenvalue weighted by Gasteiger charge is 2.21. The van der Waals surface area contributed by atoms with Gasteiger partial charge in [0.15, 0.2) is 10.3 Å². The van der Waals surface area contributed by atoms with Crippen LogP contribution in [0.15, 0.2) is 58.2 Å². The molecule has 0 spiro atoms. The fourth-order valence-electron chi connectivity index (χ4n) is 3.88. The molecule has 11 heteroatoms. The Labute approximate surface area is 203 Å². The van der Waals surface area contributed by atoms with Gasteiger partial charge in [-0.1, -0.05) is 12.1 Å². The molecule has 1 N–H and O–H groups in total. The van der Waals surface area contributed by atoms with Gasteiger partial charge in [-0.3, -0.25) is 20.2 Å². The van der Waals surface area contributed by atoms with Crippen molar-refractivity contribution in [1.29, 1.82) is 0 Å². The molecule has 1 amide bonds. The van der Waals surface area contributed by atoms with Gasteiger partial charge >= 0.3 is 0 Å². The molecule has 0 aliphatic heterocycles. The van der Waals surface area contributed by atoms with Crippen LogP contribution in [0.3, 0.4) is 0 Å². The summed E-state index contributed by atoms with van der Waals surface area (Å²) in [5, 5.41) is 25.0. The lowest BCUT2D eigenvalue weighted by Gasteiger charge is -2.16. The molecular weight excluding hydrogens is 472 g/mol. The van der Waals surface area contributed by atoms with Gasteiger partial charge in [-0.2, -0.15) is 0 Å². The molecule has 0 saturated heterocycles. The average Bonchev–Trinajstić information content (AvgIpc) is 3.47. The molecule has 172 valence electrons. The Morgan fingerprint density at radius 3 is 2.76 bits per heavy atom. The second kappa shape index (κ2) is 9.35. The summed E-state index contributed by atoms with van der Waals surface area (Å²) in [6, 6.07) is 10.8. The summed E-state index contributed by atoms with van der Waals surface area (Å²) in [6.45, 7) is 0. The Hall–Kier alpha value is -3.57. The summed E-state index contributed by atoms with van der Waals surface area (Å²) in [7, 11) is 1.75. The van der Waals surface area contributed by atoms with E-state index in [0.29, 0.717) is 15.2 Å². The Bertz CT molecular complexity index is 1400. The van der Waals surface area contributed by atoms with E-state index in [0.717, 1.165) is 35.9 Å². The highest BCUT2D eigenvalue weighted by Crippen LogP contribution is 2.35. The maximum atomic E-state index is 12.8. The largest absolute Gasteiger partial charge is 0.311 e. The lowest BCUT2D eigenvalue weighted by Crippen LogP contribution is -2.12. The normalized spacial score (nSPS) is 12.9. The van der Waals surface area contributed by atoms with E-state index >= 15 is 0 Å². The number of nitro benzene ring substituents is 1. The predicted molar refractivity (Wildman–Crippen MR) is 130 cm³/mol. The first kappa shape index (κ1) is 22.2. The van der Waals surface area contributed by atoms with Crippen molar-refractivity contribution >= 4 is 39.8 Å². The molecule has 1 aliphatic carbocycles. The fourth-order valence-corrected chi connectivity index (χ4v) is 5.44. The van der Waals surface area contributed by atoms with Crippen LogP contribution in [0.25, 0.3) is 11.3 Å². The SMILES string of the molecule is Cn1cnnc1Sc1ccc(C(=O)Nc2nc(-c3ccc4c(c3)CCCC4)cs2)cc1[N+](=O)[O-]. The number of amides is 1. The van der Waals surface area contributed by atoms with E-state index in [2.05, 4.69) is 38.7 Å². The lowest BCUT2D eigenvalue weighted by atomic mass is 9.90. The number of hydrogen-bond acceptors (Lipinski definition) is 8. The zero-order valence-corrected chi connectivity index (χ0v) is 19.9. The number of carbonyl (C=O) groups is 1. The molecule has 2 aromatic heterocycles.